The molecule has 1 saturated carbocycles. The van der Waals surface area contributed by atoms with Gasteiger partial charge in [-0.2, -0.15) is 0 Å². The number of hydrogen-bond donors (Lipinski definition) is 1. The maximum atomic E-state index is 6.22. The first-order chi connectivity index (χ1) is 9.84. The number of rotatable bonds is 4. The van der Waals surface area contributed by atoms with E-state index in [0.717, 1.165) is 19.5 Å². The van der Waals surface area contributed by atoms with E-state index in [0.29, 0.717) is 6.04 Å². The summed E-state index contributed by atoms with van der Waals surface area (Å²) in [5.74, 6) is 0. The van der Waals surface area contributed by atoms with Gasteiger partial charge in [-0.1, -0.05) is 32.4 Å². The van der Waals surface area contributed by atoms with Crippen LogP contribution in [0.15, 0.2) is 15.9 Å². The molecular formula is C15H18BrClN2S2. The Morgan fingerprint density at radius 3 is 2.62 bits per heavy atom. The molecule has 21 heavy (non-hydrogen) atoms. The maximum absolute atomic E-state index is 6.22. The Labute approximate surface area is 147 Å². The third-order valence-electron chi connectivity index (χ3n) is 3.47. The number of aromatic nitrogens is 1. The molecule has 2 aromatic rings. The fourth-order valence-electron chi connectivity index (χ4n) is 2.03. The third kappa shape index (κ3) is 3.70. The monoisotopic (exact) mass is 404 g/mol. The molecule has 2 heterocycles. The number of nitrogens with zero attached hydrogens (tertiary/aromatic N) is 1. The summed E-state index contributed by atoms with van der Waals surface area (Å²) in [6.45, 7) is 6.61. The smallest absolute Gasteiger partial charge is 0.115 e. The second-order valence-corrected chi connectivity index (χ2v) is 9.90. The van der Waals surface area contributed by atoms with Crippen LogP contribution < -0.4 is 5.32 Å². The zero-order valence-electron chi connectivity index (χ0n) is 12.2. The molecule has 0 saturated heterocycles. The predicted molar refractivity (Wildman–Crippen MR) is 95.8 cm³/mol. The van der Waals surface area contributed by atoms with Gasteiger partial charge in [0.05, 0.1) is 11.7 Å². The van der Waals surface area contributed by atoms with Crippen LogP contribution >= 0.6 is 50.2 Å². The summed E-state index contributed by atoms with van der Waals surface area (Å²) >= 11 is 13.1. The van der Waals surface area contributed by atoms with Crippen LogP contribution in [0, 0.1) is 0 Å². The second-order valence-electron chi connectivity index (χ2n) is 6.47. The number of halogens is 2. The lowest BCUT2D eigenvalue weighted by Gasteiger charge is -2.16. The average molecular weight is 406 g/mol. The minimum absolute atomic E-state index is 0.0898. The van der Waals surface area contributed by atoms with E-state index < -0.39 is 0 Å². The Bertz CT molecular complexity index is 621. The summed E-state index contributed by atoms with van der Waals surface area (Å²) in [6, 6.07) is 2.90. The van der Waals surface area contributed by atoms with Gasteiger partial charge in [-0.05, 0) is 34.8 Å². The molecule has 0 radical (unpaired) electrons. The SMILES string of the molecule is CC(C)(C)c1csc(C(NC2CC2)c2cc(Br)c(Cl)s2)n1. The largest absolute Gasteiger partial charge is 0.301 e. The van der Waals surface area contributed by atoms with E-state index in [1.807, 2.05) is 0 Å². The zero-order chi connectivity index (χ0) is 15.2. The summed E-state index contributed by atoms with van der Waals surface area (Å²) in [5, 5.41) is 7.03. The summed E-state index contributed by atoms with van der Waals surface area (Å²) in [4.78, 5) is 6.11. The Balaban J connectivity index is 1.93. The van der Waals surface area contributed by atoms with Crippen molar-refractivity contribution in [3.05, 3.63) is 35.8 Å². The van der Waals surface area contributed by atoms with Crippen molar-refractivity contribution < 1.29 is 0 Å². The Morgan fingerprint density at radius 1 is 1.43 bits per heavy atom. The molecule has 2 nitrogen and oxygen atoms in total. The normalized spacial score (nSPS) is 17.2. The molecule has 0 aliphatic heterocycles. The van der Waals surface area contributed by atoms with Crippen molar-refractivity contribution in [1.29, 1.82) is 0 Å². The molecule has 1 N–H and O–H groups in total. The average Bonchev–Trinajstić information content (AvgIpc) is 2.95. The van der Waals surface area contributed by atoms with Gasteiger partial charge < -0.3 is 5.32 Å². The standard InChI is InChI=1S/C15H18BrClN2S2/c1-15(2,3)11-7-20-14(19-11)12(18-8-4-5-8)10-6-9(16)13(17)21-10/h6-8,12,18H,4-5H2,1-3H3. The van der Waals surface area contributed by atoms with E-state index in [1.54, 1.807) is 22.7 Å². The van der Waals surface area contributed by atoms with Crippen LogP contribution in [0.1, 0.15) is 55.2 Å². The lowest BCUT2D eigenvalue weighted by Crippen LogP contribution is -2.24. The van der Waals surface area contributed by atoms with Crippen molar-refractivity contribution in [1.82, 2.24) is 10.3 Å². The van der Waals surface area contributed by atoms with E-state index in [1.165, 1.54) is 17.7 Å². The predicted octanol–water partition coefficient (Wildman–Crippen LogP) is 5.76. The van der Waals surface area contributed by atoms with Crippen LogP contribution in [0.4, 0.5) is 0 Å². The summed E-state index contributed by atoms with van der Waals surface area (Å²) < 4.78 is 1.78. The Hall–Kier alpha value is 0.0600. The van der Waals surface area contributed by atoms with Gasteiger partial charge in [-0.3, -0.25) is 0 Å². The maximum Gasteiger partial charge on any atom is 0.115 e. The summed E-state index contributed by atoms with van der Waals surface area (Å²) in [7, 11) is 0. The van der Waals surface area contributed by atoms with Crippen LogP contribution in [0.2, 0.25) is 4.34 Å². The topological polar surface area (TPSA) is 24.9 Å². The van der Waals surface area contributed by atoms with E-state index >= 15 is 0 Å². The zero-order valence-corrected chi connectivity index (χ0v) is 16.2. The molecule has 0 bridgehead atoms. The molecule has 3 rings (SSSR count). The highest BCUT2D eigenvalue weighted by Gasteiger charge is 2.30. The first kappa shape index (κ1) is 15.9. The molecule has 2 aromatic heterocycles. The minimum Gasteiger partial charge on any atom is -0.301 e. The van der Waals surface area contributed by atoms with Crippen molar-refractivity contribution in [3.8, 4) is 0 Å². The highest BCUT2D eigenvalue weighted by molar-refractivity contribution is 9.10. The molecular weight excluding hydrogens is 388 g/mol. The highest BCUT2D eigenvalue weighted by Crippen LogP contribution is 2.40. The van der Waals surface area contributed by atoms with Crippen molar-refractivity contribution in [3.63, 3.8) is 0 Å². The molecule has 0 spiro atoms. The Kier molecular flexibility index (Phi) is 4.50. The van der Waals surface area contributed by atoms with E-state index in [-0.39, 0.29) is 11.5 Å². The first-order valence-electron chi connectivity index (χ1n) is 7.01. The molecule has 1 aliphatic rings. The lowest BCUT2D eigenvalue weighted by molar-refractivity contribution is 0.559. The van der Waals surface area contributed by atoms with Gasteiger partial charge in [0.15, 0.2) is 0 Å². The van der Waals surface area contributed by atoms with Crippen LogP contribution in [-0.4, -0.2) is 11.0 Å². The number of thiazole rings is 1. The summed E-state index contributed by atoms with van der Waals surface area (Å²) in [5.41, 5.74) is 1.25. The number of nitrogens with one attached hydrogen (secondary N) is 1. The quantitative estimate of drug-likeness (QED) is 0.699. The molecule has 114 valence electrons. The van der Waals surface area contributed by atoms with Crippen molar-refractivity contribution in [2.75, 3.05) is 0 Å². The van der Waals surface area contributed by atoms with Gasteiger partial charge in [-0.25, -0.2) is 4.98 Å². The molecule has 6 heteroatoms. The van der Waals surface area contributed by atoms with Crippen molar-refractivity contribution >= 4 is 50.2 Å². The van der Waals surface area contributed by atoms with Crippen LogP contribution in [0.3, 0.4) is 0 Å². The fourth-order valence-corrected chi connectivity index (χ4v) is 5.03. The third-order valence-corrected chi connectivity index (χ3v) is 6.91. The number of thiophene rings is 1. The molecule has 1 atom stereocenters. The molecule has 0 amide bonds. The number of hydrogen-bond acceptors (Lipinski definition) is 4. The molecule has 0 aromatic carbocycles. The van der Waals surface area contributed by atoms with Gasteiger partial charge >= 0.3 is 0 Å². The van der Waals surface area contributed by atoms with Crippen molar-refractivity contribution in [2.24, 2.45) is 0 Å². The van der Waals surface area contributed by atoms with Crippen molar-refractivity contribution in [2.45, 2.75) is 51.1 Å². The first-order valence-corrected chi connectivity index (χ1v) is 9.88. The van der Waals surface area contributed by atoms with Gasteiger partial charge in [0.2, 0.25) is 0 Å². The molecule has 1 aliphatic carbocycles. The second kappa shape index (κ2) is 5.93. The highest BCUT2D eigenvalue weighted by atomic mass is 79.9. The van der Waals surface area contributed by atoms with Gasteiger partial charge in [-0.15, -0.1) is 22.7 Å². The molecule has 1 fully saturated rings. The van der Waals surface area contributed by atoms with Crippen LogP contribution in [-0.2, 0) is 5.41 Å². The fraction of sp³-hybridized carbons (Fsp3) is 0.533. The van der Waals surface area contributed by atoms with Crippen LogP contribution in [0.5, 0.6) is 0 Å². The molecule has 1 unspecified atom stereocenters. The Morgan fingerprint density at radius 2 is 2.14 bits per heavy atom. The van der Waals surface area contributed by atoms with E-state index in [4.69, 9.17) is 16.6 Å². The van der Waals surface area contributed by atoms with Gasteiger partial charge in [0.1, 0.15) is 9.34 Å². The summed E-state index contributed by atoms with van der Waals surface area (Å²) in [6.07, 6.45) is 2.52. The lowest BCUT2D eigenvalue weighted by atomic mass is 9.93. The van der Waals surface area contributed by atoms with Gasteiger partial charge in [0.25, 0.3) is 0 Å². The minimum atomic E-state index is 0.0898. The van der Waals surface area contributed by atoms with E-state index in [9.17, 15) is 0 Å². The van der Waals surface area contributed by atoms with Gasteiger partial charge in [0, 0.05) is 26.2 Å². The van der Waals surface area contributed by atoms with Crippen LogP contribution in [0.25, 0.3) is 0 Å². The van der Waals surface area contributed by atoms with E-state index in [2.05, 4.69) is 53.5 Å².